The maximum atomic E-state index is 11.5. The summed E-state index contributed by atoms with van der Waals surface area (Å²) in [7, 11) is 0. The fourth-order valence-corrected chi connectivity index (χ4v) is 2.08. The lowest BCUT2D eigenvalue weighted by molar-refractivity contribution is -0.385. The summed E-state index contributed by atoms with van der Waals surface area (Å²) in [6.07, 6.45) is 0. The van der Waals surface area contributed by atoms with Gasteiger partial charge in [0, 0.05) is 11.6 Å². The van der Waals surface area contributed by atoms with E-state index in [9.17, 15) is 19.7 Å². The molecule has 21 heavy (non-hydrogen) atoms. The van der Waals surface area contributed by atoms with E-state index in [4.69, 9.17) is 0 Å². The third kappa shape index (κ3) is 1.87. The fourth-order valence-electron chi connectivity index (χ4n) is 2.08. The third-order valence-electron chi connectivity index (χ3n) is 3.02. The lowest BCUT2D eigenvalue weighted by Crippen LogP contribution is -2.29. The summed E-state index contributed by atoms with van der Waals surface area (Å²) in [5.41, 5.74) is -1.23. The van der Waals surface area contributed by atoms with Crippen LogP contribution in [0.15, 0.2) is 15.7 Å². The second kappa shape index (κ2) is 4.33. The van der Waals surface area contributed by atoms with Crippen LogP contribution in [0.4, 0.5) is 5.69 Å². The highest BCUT2D eigenvalue weighted by atomic mass is 16.6. The van der Waals surface area contributed by atoms with Crippen molar-refractivity contribution in [1.82, 2.24) is 30.6 Å². The first-order chi connectivity index (χ1) is 9.99. The summed E-state index contributed by atoms with van der Waals surface area (Å²) < 4.78 is 0. The molecule has 2 heterocycles. The number of rotatable bonds is 2. The zero-order valence-electron chi connectivity index (χ0n) is 10.5. The Labute approximate surface area is 114 Å². The third-order valence-corrected chi connectivity index (χ3v) is 3.02. The van der Waals surface area contributed by atoms with E-state index in [1.807, 2.05) is 0 Å². The van der Waals surface area contributed by atoms with Crippen LogP contribution in [0.25, 0.3) is 22.4 Å². The van der Waals surface area contributed by atoms with E-state index in [0.717, 1.165) is 0 Å². The Bertz CT molecular complexity index is 969. The molecule has 0 aliphatic carbocycles. The van der Waals surface area contributed by atoms with Gasteiger partial charge in [-0.15, -0.1) is 10.2 Å². The second-order valence-corrected chi connectivity index (χ2v) is 4.22. The molecule has 0 radical (unpaired) electrons. The average molecular weight is 289 g/mol. The molecule has 3 rings (SSSR count). The number of aromatic nitrogens is 6. The van der Waals surface area contributed by atoms with Crippen LogP contribution in [-0.2, 0) is 0 Å². The van der Waals surface area contributed by atoms with Crippen molar-refractivity contribution in [1.29, 1.82) is 0 Å². The molecule has 0 bridgehead atoms. The van der Waals surface area contributed by atoms with Crippen LogP contribution < -0.4 is 11.1 Å². The Kier molecular flexibility index (Phi) is 2.61. The van der Waals surface area contributed by atoms with Gasteiger partial charge in [-0.05, 0) is 12.1 Å². The smallest absolute Gasteiger partial charge is 0.314 e. The predicted molar refractivity (Wildman–Crippen MR) is 69.8 cm³/mol. The maximum Gasteiger partial charge on any atom is 0.314 e. The molecular weight excluding hydrogens is 282 g/mol. The zero-order chi connectivity index (χ0) is 15.1. The van der Waals surface area contributed by atoms with E-state index in [0.29, 0.717) is 0 Å². The number of aromatic amines is 3. The lowest BCUT2D eigenvalue weighted by atomic mass is 10.0. The lowest BCUT2D eigenvalue weighted by Gasteiger charge is -2.07. The number of benzene rings is 1. The fraction of sp³-hybridized carbons (Fsp3) is 0.100. The van der Waals surface area contributed by atoms with Crippen LogP contribution in [-0.4, -0.2) is 35.5 Å². The van der Waals surface area contributed by atoms with Gasteiger partial charge in [0.1, 0.15) is 0 Å². The maximum absolute atomic E-state index is 11.5. The highest BCUT2D eigenvalue weighted by Gasteiger charge is 2.22. The molecule has 0 amide bonds. The number of H-pyrrole nitrogens is 3. The summed E-state index contributed by atoms with van der Waals surface area (Å²) in [4.78, 5) is 38.1. The van der Waals surface area contributed by atoms with Gasteiger partial charge >= 0.3 is 11.1 Å². The summed E-state index contributed by atoms with van der Waals surface area (Å²) >= 11 is 0. The summed E-state index contributed by atoms with van der Waals surface area (Å²) in [5, 5.41) is 24.3. The summed E-state index contributed by atoms with van der Waals surface area (Å²) in [6, 6.07) is 1.17. The molecule has 106 valence electrons. The van der Waals surface area contributed by atoms with E-state index < -0.39 is 16.0 Å². The molecule has 1 aromatic carbocycles. The molecule has 0 saturated carbocycles. The summed E-state index contributed by atoms with van der Waals surface area (Å²) in [5.74, 6) is 0.0731. The summed E-state index contributed by atoms with van der Waals surface area (Å²) in [6.45, 7) is 1.49. The average Bonchev–Trinajstić information content (AvgIpc) is 2.93. The van der Waals surface area contributed by atoms with Gasteiger partial charge in [0.05, 0.1) is 21.5 Å². The van der Waals surface area contributed by atoms with Crippen molar-refractivity contribution in [3.05, 3.63) is 42.5 Å². The van der Waals surface area contributed by atoms with Gasteiger partial charge in [-0.1, -0.05) is 0 Å². The van der Waals surface area contributed by atoms with Crippen molar-refractivity contribution in [3.63, 3.8) is 0 Å². The first kappa shape index (κ1) is 12.7. The minimum Gasteiger partial charge on any atom is -0.316 e. The molecule has 0 aliphatic heterocycles. The van der Waals surface area contributed by atoms with Crippen LogP contribution in [0, 0.1) is 17.0 Å². The molecule has 0 aliphatic rings. The van der Waals surface area contributed by atoms with Gasteiger partial charge in [-0.2, -0.15) is 5.21 Å². The van der Waals surface area contributed by atoms with Crippen LogP contribution in [0.5, 0.6) is 0 Å². The first-order valence-electron chi connectivity index (χ1n) is 5.67. The second-order valence-electron chi connectivity index (χ2n) is 4.22. The predicted octanol–water partition coefficient (Wildman–Crippen LogP) is -0.387. The SMILES string of the molecule is Cc1c([N+](=O)[O-])cc2[nH]c(=O)c(=O)[nH]c2c1-c1nn[nH]n1. The van der Waals surface area contributed by atoms with Gasteiger partial charge in [0.2, 0.25) is 5.82 Å². The van der Waals surface area contributed by atoms with Crippen molar-refractivity contribution < 1.29 is 4.92 Å². The van der Waals surface area contributed by atoms with Gasteiger partial charge in [-0.3, -0.25) is 19.7 Å². The number of fused-ring (bicyclic) bond motifs is 1. The van der Waals surface area contributed by atoms with Crippen molar-refractivity contribution in [3.8, 4) is 11.4 Å². The Balaban J connectivity index is 2.55. The molecule has 0 atom stereocenters. The molecule has 0 fully saturated rings. The number of tetrazole rings is 1. The van der Waals surface area contributed by atoms with E-state index in [-0.39, 0.29) is 33.7 Å². The molecule has 0 spiro atoms. The van der Waals surface area contributed by atoms with E-state index >= 15 is 0 Å². The van der Waals surface area contributed by atoms with Gasteiger partial charge in [0.15, 0.2) is 0 Å². The number of hydrogen-bond donors (Lipinski definition) is 3. The van der Waals surface area contributed by atoms with Gasteiger partial charge in [0.25, 0.3) is 5.69 Å². The highest BCUT2D eigenvalue weighted by Crippen LogP contribution is 2.32. The largest absolute Gasteiger partial charge is 0.316 e. The molecule has 0 unspecified atom stereocenters. The Morgan fingerprint density at radius 2 is 1.95 bits per heavy atom. The number of nitrogens with zero attached hydrogens (tertiary/aromatic N) is 4. The standard InChI is InChI=1S/C10H7N7O4/c1-3-5(17(20)21)2-4-7(12-10(19)9(18)11-4)6(3)8-13-15-16-14-8/h2H,1H3,(H,11,18)(H,12,19)(H,13,14,15,16). The first-order valence-corrected chi connectivity index (χ1v) is 5.67. The van der Waals surface area contributed by atoms with Gasteiger partial charge in [-0.25, -0.2) is 0 Å². The molecular formula is C10H7N7O4. The van der Waals surface area contributed by atoms with Crippen LogP contribution >= 0.6 is 0 Å². The monoisotopic (exact) mass is 289 g/mol. The van der Waals surface area contributed by atoms with Crippen LogP contribution in [0.3, 0.4) is 0 Å². The quantitative estimate of drug-likeness (QED) is 0.328. The van der Waals surface area contributed by atoms with Crippen molar-refractivity contribution >= 4 is 16.7 Å². The normalized spacial score (nSPS) is 10.9. The highest BCUT2D eigenvalue weighted by molar-refractivity contribution is 5.93. The number of nitro benzene ring substituents is 1. The molecule has 0 saturated heterocycles. The van der Waals surface area contributed by atoms with E-state index in [1.54, 1.807) is 0 Å². The van der Waals surface area contributed by atoms with Crippen LogP contribution in [0.1, 0.15) is 5.56 Å². The minimum atomic E-state index is -0.903. The number of nitrogens with one attached hydrogen (secondary N) is 3. The van der Waals surface area contributed by atoms with Crippen LogP contribution in [0.2, 0.25) is 0 Å². The Morgan fingerprint density at radius 1 is 1.24 bits per heavy atom. The Morgan fingerprint density at radius 3 is 2.57 bits per heavy atom. The molecule has 3 N–H and O–H groups in total. The van der Waals surface area contributed by atoms with Crippen molar-refractivity contribution in [2.24, 2.45) is 0 Å². The molecule has 2 aromatic heterocycles. The van der Waals surface area contributed by atoms with E-state index in [2.05, 4.69) is 30.6 Å². The van der Waals surface area contributed by atoms with Crippen molar-refractivity contribution in [2.75, 3.05) is 0 Å². The van der Waals surface area contributed by atoms with Gasteiger partial charge < -0.3 is 9.97 Å². The number of hydrogen-bond acceptors (Lipinski definition) is 7. The zero-order valence-corrected chi connectivity index (χ0v) is 10.5. The van der Waals surface area contributed by atoms with E-state index in [1.165, 1.54) is 13.0 Å². The molecule has 11 nitrogen and oxygen atoms in total. The number of nitro groups is 1. The Hall–Kier alpha value is -3.37. The molecule has 11 heteroatoms. The van der Waals surface area contributed by atoms with Crippen molar-refractivity contribution in [2.45, 2.75) is 6.92 Å². The molecule has 3 aromatic rings. The topological polar surface area (TPSA) is 163 Å². The minimum absolute atomic E-state index is 0.0731.